The smallest absolute Gasteiger partial charge is 0.407 e. The number of ether oxygens (including phenoxy) is 1. The molecule has 0 heterocycles. The largest absolute Gasteiger partial charge is 0.444 e. The van der Waals surface area contributed by atoms with E-state index in [-0.39, 0.29) is 6.09 Å². The lowest BCUT2D eigenvalue weighted by Crippen LogP contribution is -2.45. The molecular weight excluding hydrogens is 252 g/mol. The standard InChI is InChI=1S/C16H32N2O2/c1-11(2)13(9-17-14-7-12(3)8-14)10-18-15(19)20-16(4,5)6/h11-14,17H,7-10H2,1-6H3,(H,18,19). The summed E-state index contributed by atoms with van der Waals surface area (Å²) >= 11 is 0. The quantitative estimate of drug-likeness (QED) is 0.787. The molecule has 2 N–H and O–H groups in total. The zero-order valence-corrected chi connectivity index (χ0v) is 14.0. The summed E-state index contributed by atoms with van der Waals surface area (Å²) in [5.41, 5.74) is -0.433. The first-order valence-electron chi connectivity index (χ1n) is 7.87. The number of rotatable bonds is 6. The summed E-state index contributed by atoms with van der Waals surface area (Å²) < 4.78 is 5.27. The van der Waals surface area contributed by atoms with Crippen molar-refractivity contribution in [2.24, 2.45) is 17.8 Å². The van der Waals surface area contributed by atoms with E-state index in [2.05, 4.69) is 31.4 Å². The molecule has 1 saturated carbocycles. The van der Waals surface area contributed by atoms with Gasteiger partial charge in [-0.05, 0) is 51.4 Å². The summed E-state index contributed by atoms with van der Waals surface area (Å²) in [6.07, 6.45) is 2.25. The van der Waals surface area contributed by atoms with Crippen molar-refractivity contribution in [3.05, 3.63) is 0 Å². The number of nitrogens with one attached hydrogen (secondary N) is 2. The van der Waals surface area contributed by atoms with Crippen molar-refractivity contribution in [2.45, 2.75) is 66.0 Å². The molecule has 0 radical (unpaired) electrons. The summed E-state index contributed by atoms with van der Waals surface area (Å²) in [5, 5.41) is 6.50. The zero-order valence-electron chi connectivity index (χ0n) is 14.0. The minimum atomic E-state index is -0.433. The highest BCUT2D eigenvalue weighted by molar-refractivity contribution is 5.67. The van der Waals surface area contributed by atoms with Gasteiger partial charge in [0.2, 0.25) is 0 Å². The summed E-state index contributed by atoms with van der Waals surface area (Å²) in [6, 6.07) is 0.674. The molecule has 1 fully saturated rings. The van der Waals surface area contributed by atoms with Crippen LogP contribution in [0.2, 0.25) is 0 Å². The summed E-state index contributed by atoms with van der Waals surface area (Å²) in [7, 11) is 0. The van der Waals surface area contributed by atoms with Crippen LogP contribution in [-0.4, -0.2) is 30.8 Å². The lowest BCUT2D eigenvalue weighted by molar-refractivity contribution is 0.0514. The Labute approximate surface area is 124 Å². The van der Waals surface area contributed by atoms with Crippen LogP contribution in [0.4, 0.5) is 4.79 Å². The number of amides is 1. The molecule has 1 atom stereocenters. The minimum absolute atomic E-state index is 0.319. The third-order valence-corrected chi connectivity index (χ3v) is 3.89. The van der Waals surface area contributed by atoms with Crippen molar-refractivity contribution >= 4 is 6.09 Å². The Hall–Kier alpha value is -0.770. The highest BCUT2D eigenvalue weighted by atomic mass is 16.6. The predicted octanol–water partition coefficient (Wildman–Crippen LogP) is 3.17. The highest BCUT2D eigenvalue weighted by Gasteiger charge is 2.26. The van der Waals surface area contributed by atoms with Crippen molar-refractivity contribution in [1.29, 1.82) is 0 Å². The van der Waals surface area contributed by atoms with Crippen LogP contribution in [-0.2, 0) is 4.74 Å². The third-order valence-electron chi connectivity index (χ3n) is 3.89. The van der Waals surface area contributed by atoms with Gasteiger partial charge in [-0.1, -0.05) is 20.8 Å². The lowest BCUT2D eigenvalue weighted by atomic mass is 9.81. The van der Waals surface area contributed by atoms with Gasteiger partial charge < -0.3 is 15.4 Å². The summed E-state index contributed by atoms with van der Waals surface area (Å²) in [6.45, 7) is 14.0. The Morgan fingerprint density at radius 2 is 1.85 bits per heavy atom. The van der Waals surface area contributed by atoms with Gasteiger partial charge in [-0.25, -0.2) is 4.79 Å². The first-order valence-corrected chi connectivity index (χ1v) is 7.87. The summed E-state index contributed by atoms with van der Waals surface area (Å²) in [4.78, 5) is 11.7. The average Bonchev–Trinajstić information content (AvgIpc) is 2.23. The van der Waals surface area contributed by atoms with Crippen LogP contribution in [0.3, 0.4) is 0 Å². The Kier molecular flexibility index (Phi) is 6.31. The fourth-order valence-corrected chi connectivity index (χ4v) is 2.46. The van der Waals surface area contributed by atoms with Gasteiger partial charge in [0.25, 0.3) is 0 Å². The third kappa shape index (κ3) is 6.60. The van der Waals surface area contributed by atoms with Crippen LogP contribution < -0.4 is 10.6 Å². The molecule has 1 aliphatic carbocycles. The molecule has 0 aromatic rings. The normalized spacial score (nSPS) is 24.1. The maximum atomic E-state index is 11.7. The van der Waals surface area contributed by atoms with Crippen molar-refractivity contribution in [3.63, 3.8) is 0 Å². The van der Waals surface area contributed by atoms with Crippen LogP contribution in [0.5, 0.6) is 0 Å². The number of alkyl carbamates (subject to hydrolysis) is 1. The maximum Gasteiger partial charge on any atom is 0.407 e. The van der Waals surface area contributed by atoms with Crippen molar-refractivity contribution in [2.75, 3.05) is 13.1 Å². The molecule has 0 bridgehead atoms. The number of hydrogen-bond acceptors (Lipinski definition) is 3. The monoisotopic (exact) mass is 284 g/mol. The Morgan fingerprint density at radius 1 is 1.25 bits per heavy atom. The van der Waals surface area contributed by atoms with Gasteiger partial charge in [0.05, 0.1) is 0 Å². The molecule has 118 valence electrons. The Morgan fingerprint density at radius 3 is 2.30 bits per heavy atom. The van der Waals surface area contributed by atoms with Gasteiger partial charge in [-0.2, -0.15) is 0 Å². The summed E-state index contributed by atoms with van der Waals surface area (Å²) in [5.74, 6) is 1.85. The van der Waals surface area contributed by atoms with Crippen LogP contribution in [0.25, 0.3) is 0 Å². The predicted molar refractivity (Wildman–Crippen MR) is 82.8 cm³/mol. The number of carbonyl (C=O) groups is 1. The van der Waals surface area contributed by atoms with Crippen molar-refractivity contribution in [3.8, 4) is 0 Å². The molecule has 4 heteroatoms. The molecule has 1 amide bonds. The SMILES string of the molecule is CC1CC(NCC(CNC(=O)OC(C)(C)C)C(C)C)C1. The molecular formula is C16H32N2O2. The Balaban J connectivity index is 2.26. The van der Waals surface area contributed by atoms with Gasteiger partial charge in [0, 0.05) is 19.1 Å². The van der Waals surface area contributed by atoms with E-state index in [0.717, 1.165) is 12.5 Å². The minimum Gasteiger partial charge on any atom is -0.444 e. The second kappa shape index (κ2) is 7.30. The van der Waals surface area contributed by atoms with E-state index in [4.69, 9.17) is 4.74 Å². The van der Waals surface area contributed by atoms with Gasteiger partial charge in [0.15, 0.2) is 0 Å². The molecule has 0 aromatic heterocycles. The van der Waals surface area contributed by atoms with Crippen LogP contribution in [0, 0.1) is 17.8 Å². The molecule has 20 heavy (non-hydrogen) atoms. The topological polar surface area (TPSA) is 50.4 Å². The molecule has 1 aliphatic rings. The van der Waals surface area contributed by atoms with Gasteiger partial charge >= 0.3 is 6.09 Å². The van der Waals surface area contributed by atoms with E-state index in [9.17, 15) is 4.79 Å². The van der Waals surface area contributed by atoms with E-state index < -0.39 is 5.60 Å². The first kappa shape index (κ1) is 17.3. The average molecular weight is 284 g/mol. The fraction of sp³-hybridized carbons (Fsp3) is 0.938. The van der Waals surface area contributed by atoms with Crippen LogP contribution in [0.1, 0.15) is 54.4 Å². The van der Waals surface area contributed by atoms with E-state index in [1.54, 1.807) is 0 Å². The molecule has 0 spiro atoms. The zero-order chi connectivity index (χ0) is 15.3. The fourth-order valence-electron chi connectivity index (χ4n) is 2.46. The second-order valence-electron chi connectivity index (χ2n) is 7.57. The lowest BCUT2D eigenvalue weighted by Gasteiger charge is -2.35. The number of carbonyl (C=O) groups excluding carboxylic acids is 1. The Bertz CT molecular complexity index is 304. The molecule has 1 rings (SSSR count). The molecule has 1 unspecified atom stereocenters. The van der Waals surface area contributed by atoms with Gasteiger partial charge in [-0.15, -0.1) is 0 Å². The second-order valence-corrected chi connectivity index (χ2v) is 7.57. The van der Waals surface area contributed by atoms with Crippen LogP contribution in [0.15, 0.2) is 0 Å². The van der Waals surface area contributed by atoms with Gasteiger partial charge in [-0.3, -0.25) is 0 Å². The molecule has 4 nitrogen and oxygen atoms in total. The maximum absolute atomic E-state index is 11.7. The van der Waals surface area contributed by atoms with E-state index in [0.29, 0.717) is 24.4 Å². The van der Waals surface area contributed by atoms with E-state index in [1.807, 2.05) is 20.8 Å². The highest BCUT2D eigenvalue weighted by Crippen LogP contribution is 2.26. The molecule has 0 saturated heterocycles. The number of hydrogen-bond donors (Lipinski definition) is 2. The van der Waals surface area contributed by atoms with Crippen molar-refractivity contribution < 1.29 is 9.53 Å². The van der Waals surface area contributed by atoms with E-state index >= 15 is 0 Å². The van der Waals surface area contributed by atoms with Crippen LogP contribution >= 0.6 is 0 Å². The van der Waals surface area contributed by atoms with Crippen molar-refractivity contribution in [1.82, 2.24) is 10.6 Å². The van der Waals surface area contributed by atoms with Gasteiger partial charge in [0.1, 0.15) is 5.60 Å². The first-order chi connectivity index (χ1) is 9.17. The molecule has 0 aliphatic heterocycles. The van der Waals surface area contributed by atoms with E-state index in [1.165, 1.54) is 12.8 Å². The molecule has 0 aromatic carbocycles.